The zero-order valence-electron chi connectivity index (χ0n) is 10.3. The van der Waals surface area contributed by atoms with Crippen molar-refractivity contribution in [2.45, 2.75) is 0 Å². The fourth-order valence-electron chi connectivity index (χ4n) is 1.62. The maximum atomic E-state index is 12.2. The lowest BCUT2D eigenvalue weighted by atomic mass is 10.2. The van der Waals surface area contributed by atoms with Crippen LogP contribution in [0, 0.1) is 10.1 Å². The predicted octanol–water partition coefficient (Wildman–Crippen LogP) is 5.13. The predicted molar refractivity (Wildman–Crippen MR) is 90.6 cm³/mol. The van der Waals surface area contributed by atoms with Crippen LogP contribution in [0.3, 0.4) is 0 Å². The van der Waals surface area contributed by atoms with Crippen molar-refractivity contribution in [2.75, 3.05) is 5.32 Å². The molecule has 0 saturated heterocycles. The number of nitrogens with zero attached hydrogens (tertiary/aromatic N) is 1. The van der Waals surface area contributed by atoms with Crippen molar-refractivity contribution in [3.63, 3.8) is 0 Å². The van der Waals surface area contributed by atoms with Crippen LogP contribution < -0.4 is 5.32 Å². The first-order chi connectivity index (χ1) is 9.86. The highest BCUT2D eigenvalue weighted by molar-refractivity contribution is 9.11. The molecule has 108 valence electrons. The highest BCUT2D eigenvalue weighted by Gasteiger charge is 2.14. The number of amides is 1. The fourth-order valence-corrected chi connectivity index (χ4v) is 3.30. The third-order valence-electron chi connectivity index (χ3n) is 2.53. The Kier molecular flexibility index (Phi) is 5.13. The van der Waals surface area contributed by atoms with Gasteiger partial charge < -0.3 is 5.32 Å². The van der Waals surface area contributed by atoms with Crippen molar-refractivity contribution in [3.05, 3.63) is 65.5 Å². The van der Waals surface area contributed by atoms with E-state index in [-0.39, 0.29) is 11.6 Å². The Morgan fingerprint density at radius 2 is 1.67 bits per heavy atom. The van der Waals surface area contributed by atoms with Gasteiger partial charge in [-0.2, -0.15) is 0 Å². The Balaban J connectivity index is 2.27. The summed E-state index contributed by atoms with van der Waals surface area (Å²) in [7, 11) is 0. The molecule has 2 rings (SSSR count). The van der Waals surface area contributed by atoms with Gasteiger partial charge in [0.15, 0.2) is 0 Å². The lowest BCUT2D eigenvalue weighted by molar-refractivity contribution is -0.385. The van der Waals surface area contributed by atoms with E-state index in [4.69, 9.17) is 0 Å². The molecule has 0 aromatic heterocycles. The number of halogens is 3. The van der Waals surface area contributed by atoms with E-state index in [1.165, 1.54) is 12.1 Å². The summed E-state index contributed by atoms with van der Waals surface area (Å²) in [5, 5.41) is 13.5. The Bertz CT molecular complexity index is 714. The molecule has 0 aliphatic rings. The summed E-state index contributed by atoms with van der Waals surface area (Å²) >= 11 is 9.70. The smallest absolute Gasteiger partial charge is 0.285 e. The van der Waals surface area contributed by atoms with E-state index in [1.807, 2.05) is 0 Å². The fraction of sp³-hybridized carbons (Fsp3) is 0. The number of nitro benzene ring substituents is 1. The zero-order chi connectivity index (χ0) is 15.6. The van der Waals surface area contributed by atoms with Gasteiger partial charge in [0.05, 0.1) is 9.40 Å². The highest BCUT2D eigenvalue weighted by Crippen LogP contribution is 2.28. The molecule has 0 aliphatic heterocycles. The van der Waals surface area contributed by atoms with Crippen LogP contribution in [0.2, 0.25) is 0 Å². The molecule has 0 atom stereocenters. The average molecular weight is 479 g/mol. The second-order valence-electron chi connectivity index (χ2n) is 4.04. The standard InChI is InChI=1S/C13H7Br3N2O3/c14-8-3-7(4-9(15)5-8)13(19)17-10-1-2-11(16)12(6-10)18(20)21/h1-6H,(H,17,19). The summed E-state index contributed by atoms with van der Waals surface area (Å²) in [6.45, 7) is 0. The number of nitro groups is 1. The number of nitrogens with one attached hydrogen (secondary N) is 1. The van der Waals surface area contributed by atoms with Gasteiger partial charge in [-0.05, 0) is 46.3 Å². The van der Waals surface area contributed by atoms with Crippen molar-refractivity contribution in [1.82, 2.24) is 0 Å². The van der Waals surface area contributed by atoms with Crippen LogP contribution in [-0.2, 0) is 0 Å². The molecule has 1 N–H and O–H groups in total. The minimum Gasteiger partial charge on any atom is -0.322 e. The van der Waals surface area contributed by atoms with E-state index in [0.29, 0.717) is 15.7 Å². The first-order valence-corrected chi connectivity index (χ1v) is 7.96. The van der Waals surface area contributed by atoms with Gasteiger partial charge in [0.2, 0.25) is 0 Å². The SMILES string of the molecule is O=C(Nc1ccc(Br)c([N+](=O)[O-])c1)c1cc(Br)cc(Br)c1. The van der Waals surface area contributed by atoms with Crippen molar-refractivity contribution in [1.29, 1.82) is 0 Å². The number of anilines is 1. The molecule has 0 saturated carbocycles. The maximum Gasteiger partial charge on any atom is 0.285 e. The number of carbonyl (C=O) groups excluding carboxylic acids is 1. The van der Waals surface area contributed by atoms with E-state index in [0.717, 1.165) is 8.95 Å². The lowest BCUT2D eigenvalue weighted by Crippen LogP contribution is -2.12. The van der Waals surface area contributed by atoms with E-state index in [1.54, 1.807) is 24.3 Å². The van der Waals surface area contributed by atoms with Crippen LogP contribution in [0.4, 0.5) is 11.4 Å². The monoisotopic (exact) mass is 476 g/mol. The van der Waals surface area contributed by atoms with Crippen LogP contribution in [-0.4, -0.2) is 10.8 Å². The lowest BCUT2D eigenvalue weighted by Gasteiger charge is -2.07. The Labute approximate surface area is 145 Å². The minimum absolute atomic E-state index is 0.108. The molecule has 5 nitrogen and oxygen atoms in total. The Morgan fingerprint density at radius 3 is 2.24 bits per heavy atom. The third kappa shape index (κ3) is 4.12. The van der Waals surface area contributed by atoms with Gasteiger partial charge in [0.25, 0.3) is 11.6 Å². The summed E-state index contributed by atoms with van der Waals surface area (Å²) in [6.07, 6.45) is 0. The van der Waals surface area contributed by atoms with Gasteiger partial charge >= 0.3 is 0 Å². The van der Waals surface area contributed by atoms with E-state index in [2.05, 4.69) is 53.1 Å². The molecule has 2 aromatic carbocycles. The molecule has 0 heterocycles. The molecular formula is C13H7Br3N2O3. The van der Waals surface area contributed by atoms with E-state index < -0.39 is 4.92 Å². The van der Waals surface area contributed by atoms with Crippen molar-refractivity contribution < 1.29 is 9.72 Å². The van der Waals surface area contributed by atoms with Gasteiger partial charge in [-0.1, -0.05) is 31.9 Å². The number of hydrogen-bond donors (Lipinski definition) is 1. The molecule has 0 bridgehead atoms. The number of carbonyl (C=O) groups is 1. The Hall–Kier alpha value is -1.25. The van der Waals surface area contributed by atoms with Crippen LogP contribution in [0.1, 0.15) is 10.4 Å². The molecule has 0 fully saturated rings. The highest BCUT2D eigenvalue weighted by atomic mass is 79.9. The van der Waals surface area contributed by atoms with Crippen LogP contribution in [0.5, 0.6) is 0 Å². The molecular weight excluding hydrogens is 472 g/mol. The minimum atomic E-state index is -0.518. The van der Waals surface area contributed by atoms with Gasteiger partial charge in [0, 0.05) is 26.3 Å². The number of rotatable bonds is 3. The van der Waals surface area contributed by atoms with Crippen LogP contribution >= 0.6 is 47.8 Å². The molecule has 8 heteroatoms. The quantitative estimate of drug-likeness (QED) is 0.490. The Morgan fingerprint density at radius 1 is 1.05 bits per heavy atom. The molecule has 21 heavy (non-hydrogen) atoms. The summed E-state index contributed by atoms with van der Waals surface area (Å²) in [4.78, 5) is 22.5. The molecule has 2 aromatic rings. The molecule has 0 spiro atoms. The zero-order valence-corrected chi connectivity index (χ0v) is 15.0. The van der Waals surface area contributed by atoms with Gasteiger partial charge in [0.1, 0.15) is 0 Å². The second kappa shape index (κ2) is 6.67. The van der Waals surface area contributed by atoms with Gasteiger partial charge in [-0.15, -0.1) is 0 Å². The van der Waals surface area contributed by atoms with Crippen molar-refractivity contribution >= 4 is 65.1 Å². The van der Waals surface area contributed by atoms with Crippen LogP contribution in [0.15, 0.2) is 49.8 Å². The summed E-state index contributed by atoms with van der Waals surface area (Å²) in [6, 6.07) is 9.53. The van der Waals surface area contributed by atoms with Gasteiger partial charge in [-0.3, -0.25) is 14.9 Å². The molecule has 1 amide bonds. The second-order valence-corrected chi connectivity index (χ2v) is 6.72. The van der Waals surface area contributed by atoms with Crippen molar-refractivity contribution in [2.24, 2.45) is 0 Å². The number of hydrogen-bond acceptors (Lipinski definition) is 3. The van der Waals surface area contributed by atoms with Crippen molar-refractivity contribution in [3.8, 4) is 0 Å². The normalized spacial score (nSPS) is 10.2. The topological polar surface area (TPSA) is 72.2 Å². The van der Waals surface area contributed by atoms with E-state index in [9.17, 15) is 14.9 Å². The third-order valence-corrected chi connectivity index (χ3v) is 4.11. The first-order valence-electron chi connectivity index (χ1n) is 5.58. The average Bonchev–Trinajstić information content (AvgIpc) is 2.39. The summed E-state index contributed by atoms with van der Waals surface area (Å²) < 4.78 is 1.86. The molecule has 0 aliphatic carbocycles. The summed E-state index contributed by atoms with van der Waals surface area (Å²) in [5.41, 5.74) is 0.677. The van der Waals surface area contributed by atoms with E-state index >= 15 is 0 Å². The molecule has 0 unspecified atom stereocenters. The summed E-state index contributed by atoms with van der Waals surface area (Å²) in [5.74, 6) is -0.353. The largest absolute Gasteiger partial charge is 0.322 e. The first kappa shape index (κ1) is 16.1. The van der Waals surface area contributed by atoms with Gasteiger partial charge in [-0.25, -0.2) is 0 Å². The number of benzene rings is 2. The molecule has 0 radical (unpaired) electrons. The van der Waals surface area contributed by atoms with Crippen LogP contribution in [0.25, 0.3) is 0 Å². The maximum absolute atomic E-state index is 12.2.